The van der Waals surface area contributed by atoms with Crippen LogP contribution in [0.2, 0.25) is 0 Å². The minimum Gasteiger partial charge on any atom is -0.405 e. The lowest BCUT2D eigenvalue weighted by Gasteiger charge is -2.32. The van der Waals surface area contributed by atoms with Crippen molar-refractivity contribution >= 4 is 120 Å². The first-order valence-corrected chi connectivity index (χ1v) is 44.0. The summed E-state index contributed by atoms with van der Waals surface area (Å²) in [4.78, 5) is 28.4. The van der Waals surface area contributed by atoms with Crippen LogP contribution in [0.1, 0.15) is 111 Å². The van der Waals surface area contributed by atoms with E-state index in [-0.39, 0.29) is 22.4 Å². The number of benzene rings is 12. The summed E-state index contributed by atoms with van der Waals surface area (Å²) in [6.07, 6.45) is 0. The first kappa shape index (κ1) is 87.9. The molecular weight excluding hydrogens is 1720 g/mol. The van der Waals surface area contributed by atoms with Crippen LogP contribution < -0.4 is 11.4 Å². The van der Waals surface area contributed by atoms with Crippen molar-refractivity contribution in [2.45, 2.75) is 156 Å². The predicted octanol–water partition coefficient (Wildman–Crippen LogP) is 25.0. The maximum absolute atomic E-state index is 6.22. The Labute approximate surface area is 749 Å². The summed E-state index contributed by atoms with van der Waals surface area (Å²) in [7, 11) is -2.15. The maximum Gasteiger partial charge on any atom is 0.534 e. The van der Waals surface area contributed by atoms with Gasteiger partial charge >= 0.3 is 28.3 Å². The molecule has 7 heterocycles. The Bertz CT molecular complexity index is 5840. The molecule has 15 aromatic rings. The molecule has 123 heavy (non-hydrogen) atoms. The van der Waals surface area contributed by atoms with E-state index in [0.29, 0.717) is 16.2 Å². The van der Waals surface area contributed by atoms with Crippen LogP contribution in [0.4, 0.5) is 0 Å². The highest BCUT2D eigenvalue weighted by molar-refractivity contribution is 9.11. The smallest absolute Gasteiger partial charge is 0.405 e. The number of hydrogen-bond acceptors (Lipinski definition) is 14. The van der Waals surface area contributed by atoms with Crippen molar-refractivity contribution in [1.82, 2.24) is 29.9 Å². The van der Waals surface area contributed by atoms with Crippen LogP contribution in [0, 0.1) is 0 Å². The summed E-state index contributed by atoms with van der Waals surface area (Å²) in [5.41, 5.74) is 18.6. The number of aromatic nitrogens is 6. The van der Waals surface area contributed by atoms with Gasteiger partial charge < -0.3 is 37.2 Å². The molecule has 4 fully saturated rings. The second-order valence-corrected chi connectivity index (χ2v) is 37.6. The van der Waals surface area contributed by atoms with E-state index in [1.807, 2.05) is 184 Å². The van der Waals surface area contributed by atoms with Gasteiger partial charge in [-0.15, -0.1) is 0 Å². The third-order valence-electron chi connectivity index (χ3n) is 24.5. The lowest BCUT2D eigenvalue weighted by atomic mass is 9.49. The van der Waals surface area contributed by atoms with Gasteiger partial charge in [0.1, 0.15) is 0 Å². The summed E-state index contributed by atoms with van der Waals surface area (Å²) in [5, 5.41) is 3.08. The molecular formula is C102H99B4Br3N6O8. The Hall–Kier alpha value is -9.96. The largest absolute Gasteiger partial charge is 0.534 e. The van der Waals surface area contributed by atoms with Crippen LogP contribution >= 0.6 is 47.8 Å². The third-order valence-corrected chi connectivity index (χ3v) is 26.0. The molecule has 618 valence electrons. The highest BCUT2D eigenvalue weighted by Crippen LogP contribution is 2.45. The molecule has 0 spiro atoms. The van der Waals surface area contributed by atoms with E-state index in [4.69, 9.17) is 57.2 Å². The van der Waals surface area contributed by atoms with Gasteiger partial charge in [0.15, 0.2) is 16.2 Å². The fourth-order valence-corrected chi connectivity index (χ4v) is 15.4. The van der Waals surface area contributed by atoms with Gasteiger partial charge in [-0.1, -0.05) is 299 Å². The average Bonchev–Trinajstić information content (AvgIpc) is 1.68. The highest BCUT2D eigenvalue weighted by Gasteiger charge is 2.64. The molecule has 4 aliphatic rings. The highest BCUT2D eigenvalue weighted by atomic mass is 79.9. The fraction of sp³-hybridized carbons (Fsp3) is 0.235. The van der Waals surface area contributed by atoms with Gasteiger partial charge in [-0.05, 0) is 225 Å². The predicted molar refractivity (Wildman–Crippen MR) is 515 cm³/mol. The molecule has 21 heteroatoms. The standard InChI is InChI=1S/2C26H25BN2O2.C20H13BrN2.C18H12Br2.C12H24B2O4/c2*1-25(2)26(3,4)31-27(30-25)24-28-22-13-9-8-12-21(22)23(29-24)20-16-14-19(15-17-20)18-10-6-5-7-11-18;21-20-22-18-9-5-4-8-17(18)19(23-20)16-12-10-15(11-13-16)14-6-2-1-3-7-14;19-17-9-5-15(6-10-17)13-1-2-14(4-3-13)16-7-11-18(20)12-8-16;1-9(2)10(3,4)16-13(15-9)14-17-11(5,6)12(7,8)18-14/h2*5-17H,1-4H3;1-13H;1-12H;1-8H3. The van der Waals surface area contributed by atoms with Gasteiger partial charge in [-0.3, -0.25) is 0 Å². The van der Waals surface area contributed by atoms with E-state index in [1.54, 1.807) is 0 Å². The van der Waals surface area contributed by atoms with Crippen molar-refractivity contribution in [2.24, 2.45) is 0 Å². The molecule has 4 aliphatic heterocycles. The zero-order valence-corrected chi connectivity index (χ0v) is 77.1. The van der Waals surface area contributed by atoms with Crippen molar-refractivity contribution in [2.75, 3.05) is 0 Å². The van der Waals surface area contributed by atoms with Crippen molar-refractivity contribution in [1.29, 1.82) is 0 Å². The second-order valence-electron chi connectivity index (χ2n) is 35.1. The van der Waals surface area contributed by atoms with Crippen LogP contribution in [-0.2, 0) is 37.2 Å². The lowest BCUT2D eigenvalue weighted by Crippen LogP contribution is -2.41. The molecule has 0 unspecified atom stereocenters. The van der Waals surface area contributed by atoms with Gasteiger partial charge in [0.2, 0.25) is 0 Å². The number of rotatable bonds is 11. The van der Waals surface area contributed by atoms with Crippen LogP contribution in [0.15, 0.2) is 323 Å². The Kier molecular flexibility index (Phi) is 25.7. The Balaban J connectivity index is 0.000000121. The first-order valence-electron chi connectivity index (χ1n) is 41.6. The Morgan fingerprint density at radius 2 is 0.390 bits per heavy atom. The summed E-state index contributed by atoms with van der Waals surface area (Å²) in [6.45, 7) is 32.5. The molecule has 4 saturated heterocycles. The normalized spacial score (nSPS) is 17.1. The summed E-state index contributed by atoms with van der Waals surface area (Å²) >= 11 is 10.3. The summed E-state index contributed by atoms with van der Waals surface area (Å²) in [6, 6.07) is 106. The van der Waals surface area contributed by atoms with Gasteiger partial charge in [-0.25, -0.2) is 29.9 Å². The van der Waals surface area contributed by atoms with E-state index >= 15 is 0 Å². The van der Waals surface area contributed by atoms with Gasteiger partial charge in [0.05, 0.1) is 78.4 Å². The number of hydrogen-bond donors (Lipinski definition) is 0. The summed E-state index contributed by atoms with van der Waals surface area (Å²) < 4.78 is 51.5. The molecule has 3 aromatic heterocycles. The topological polar surface area (TPSA) is 151 Å². The summed E-state index contributed by atoms with van der Waals surface area (Å²) in [5.74, 6) is 0. The second kappa shape index (κ2) is 35.9. The van der Waals surface area contributed by atoms with Crippen molar-refractivity contribution in [3.8, 4) is 89.4 Å². The van der Waals surface area contributed by atoms with Crippen LogP contribution in [0.3, 0.4) is 0 Å². The van der Waals surface area contributed by atoms with E-state index in [1.165, 1.54) is 55.6 Å². The van der Waals surface area contributed by atoms with Crippen molar-refractivity contribution in [3.05, 3.63) is 323 Å². The molecule has 0 saturated carbocycles. The fourth-order valence-electron chi connectivity index (χ4n) is 14.5. The van der Waals surface area contributed by atoms with E-state index in [2.05, 4.69) is 294 Å². The zero-order chi connectivity index (χ0) is 86.9. The minimum absolute atomic E-state index is 0.360. The molecule has 0 aliphatic carbocycles. The molecule has 19 rings (SSSR count). The maximum atomic E-state index is 6.22. The van der Waals surface area contributed by atoms with Crippen LogP contribution in [0.5, 0.6) is 0 Å². The number of nitrogens with zero attached hydrogens (tertiary/aromatic N) is 6. The van der Waals surface area contributed by atoms with Gasteiger partial charge in [0.25, 0.3) is 0 Å². The zero-order valence-electron chi connectivity index (χ0n) is 72.3. The quantitative estimate of drug-likeness (QED) is 0.0892. The molecule has 12 aromatic carbocycles. The number of halogens is 3. The molecule has 0 N–H and O–H groups in total. The van der Waals surface area contributed by atoms with Crippen molar-refractivity contribution < 1.29 is 37.2 Å². The van der Waals surface area contributed by atoms with Crippen LogP contribution in [-0.4, -0.2) is 103 Å². The Morgan fingerprint density at radius 3 is 0.650 bits per heavy atom. The lowest BCUT2D eigenvalue weighted by molar-refractivity contribution is 0.00578. The van der Waals surface area contributed by atoms with E-state index < -0.39 is 50.7 Å². The van der Waals surface area contributed by atoms with Gasteiger partial charge in [-0.2, -0.15) is 0 Å². The van der Waals surface area contributed by atoms with Crippen molar-refractivity contribution in [3.63, 3.8) is 0 Å². The molecule has 0 bridgehead atoms. The number of fused-ring (bicyclic) bond motifs is 3. The first-order chi connectivity index (χ1) is 58.6. The SMILES string of the molecule is Brc1ccc(-c2ccc(-c3ccc(Br)cc3)cc2)cc1.Brc1nc(-c2ccc(-c3ccccc3)cc2)c2ccccc2n1.CC1(C)OB(B2OC(C)(C)C(C)(C)O2)OC1(C)C.CC1(C)OB(c2nc(-c3ccc(-c4ccccc4)cc3)c3ccccc3n2)OC1(C)C.CC1(C)OB(c2nc(-c3ccc(-c4ccccc4)cc3)c3ccccc3n2)OC1(C)C. The minimum atomic E-state index is -0.600. The van der Waals surface area contributed by atoms with Crippen LogP contribution in [0.25, 0.3) is 122 Å². The van der Waals surface area contributed by atoms with Gasteiger partial charge in [0, 0.05) is 41.8 Å². The monoisotopic (exact) mass is 1820 g/mol. The van der Waals surface area contributed by atoms with E-state index in [9.17, 15) is 0 Å². The molecule has 14 nitrogen and oxygen atoms in total. The number of para-hydroxylation sites is 3. The molecule has 0 amide bonds. The van der Waals surface area contributed by atoms with E-state index in [0.717, 1.165) is 75.4 Å². The Morgan fingerprint density at radius 1 is 0.195 bits per heavy atom. The average molecular weight is 1820 g/mol. The molecule has 0 radical (unpaired) electrons. The third kappa shape index (κ3) is 19.6. The molecule has 0 atom stereocenters.